The average Bonchev–Trinajstić information content (AvgIpc) is 2.94. The van der Waals surface area contributed by atoms with E-state index in [9.17, 15) is 4.79 Å². The van der Waals surface area contributed by atoms with Gasteiger partial charge in [0.25, 0.3) is 8.53 Å². The Morgan fingerprint density at radius 3 is 2.55 bits per heavy atom. The molecule has 1 N–H and O–H groups in total. The smallest absolute Gasteiger partial charge is 0.351 e. The Morgan fingerprint density at radius 2 is 1.95 bits per heavy atom. The standard InChI is InChI=1S/C29H45N6O4P/c1-22(2)33-19-27(34-16-14-26(32-28(34)36)31-18-25-12-9-8-10-13-25)39-29(7,20-33)21-38-40(37-17-11-15-30)35(23(3)4)24(5)6/h8-10,12-14,16,22-24,27H,11,17-21H2,1-7H3,(H,31,32,36)/t27-,29+,40?/m1/s1/i7D. The van der Waals surface area contributed by atoms with Crippen LogP contribution in [0, 0.1) is 11.3 Å². The molecule has 220 valence electrons. The minimum atomic E-state index is -1.50. The number of benzene rings is 1. The van der Waals surface area contributed by atoms with E-state index in [1.165, 1.54) is 4.57 Å². The van der Waals surface area contributed by atoms with Gasteiger partial charge in [-0.15, -0.1) is 0 Å². The number of aromatic nitrogens is 2. The summed E-state index contributed by atoms with van der Waals surface area (Å²) in [7, 11) is -1.50. The van der Waals surface area contributed by atoms with E-state index < -0.39 is 26.0 Å². The van der Waals surface area contributed by atoms with Crippen LogP contribution < -0.4 is 11.0 Å². The molecule has 0 saturated carbocycles. The van der Waals surface area contributed by atoms with Crippen LogP contribution in [0.3, 0.4) is 0 Å². The van der Waals surface area contributed by atoms with Gasteiger partial charge in [-0.05, 0) is 60.1 Å². The summed E-state index contributed by atoms with van der Waals surface area (Å²) in [5.74, 6) is 0.490. The second-order valence-corrected chi connectivity index (χ2v) is 12.4. The lowest BCUT2D eigenvalue weighted by Crippen LogP contribution is -2.57. The van der Waals surface area contributed by atoms with E-state index in [4.69, 9.17) is 20.4 Å². The first-order chi connectivity index (χ1) is 19.6. The Kier molecular flexibility index (Phi) is 11.5. The minimum absolute atomic E-state index is 0.0592. The molecular weight excluding hydrogens is 527 g/mol. The maximum atomic E-state index is 13.2. The quantitative estimate of drug-likeness (QED) is 0.243. The van der Waals surface area contributed by atoms with E-state index in [2.05, 4.69) is 67.5 Å². The van der Waals surface area contributed by atoms with Crippen molar-refractivity contribution in [2.24, 2.45) is 0 Å². The third kappa shape index (κ3) is 9.07. The van der Waals surface area contributed by atoms with Gasteiger partial charge < -0.3 is 19.1 Å². The fraction of sp³-hybridized carbons (Fsp3) is 0.621. The SMILES string of the molecule is [2H]C[C@@]1(COP(OCCC#N)N(C(C)C)C(C)C)CN(C(C)C)C[C@H](n2ccc(NCc3ccccc3)nc2=O)O1. The summed E-state index contributed by atoms with van der Waals surface area (Å²) < 4.78 is 31.2. The number of hydrogen-bond acceptors (Lipinski definition) is 9. The van der Waals surface area contributed by atoms with Crippen molar-refractivity contribution in [3.8, 4) is 6.07 Å². The summed E-state index contributed by atoms with van der Waals surface area (Å²) in [5.41, 5.74) is -0.325. The topological polar surface area (TPSA) is 105 Å². The number of nitriles is 1. The molecule has 40 heavy (non-hydrogen) atoms. The lowest BCUT2D eigenvalue weighted by molar-refractivity contribution is -0.193. The molecule has 1 unspecified atom stereocenters. The van der Waals surface area contributed by atoms with Gasteiger partial charge in [0.1, 0.15) is 11.4 Å². The van der Waals surface area contributed by atoms with Crippen LogP contribution in [0.25, 0.3) is 0 Å². The molecule has 0 aliphatic carbocycles. The fourth-order valence-corrected chi connectivity index (χ4v) is 6.31. The molecule has 0 spiro atoms. The third-order valence-corrected chi connectivity index (χ3v) is 8.61. The molecule has 1 aliphatic heterocycles. The molecule has 11 heteroatoms. The van der Waals surface area contributed by atoms with Crippen LogP contribution in [-0.2, 0) is 20.3 Å². The van der Waals surface area contributed by atoms with Crippen molar-refractivity contribution in [2.45, 2.75) is 91.4 Å². The Labute approximate surface area is 241 Å². The highest BCUT2D eigenvalue weighted by Gasteiger charge is 2.41. The van der Waals surface area contributed by atoms with E-state index in [0.29, 0.717) is 25.5 Å². The lowest BCUT2D eigenvalue weighted by Gasteiger charge is -2.46. The average molecular weight is 574 g/mol. The van der Waals surface area contributed by atoms with Gasteiger partial charge >= 0.3 is 5.69 Å². The van der Waals surface area contributed by atoms with Crippen molar-refractivity contribution < 1.29 is 15.2 Å². The van der Waals surface area contributed by atoms with Crippen LogP contribution in [0.5, 0.6) is 0 Å². The molecule has 1 aliphatic rings. The number of nitrogens with one attached hydrogen (secondary N) is 1. The third-order valence-electron chi connectivity index (χ3n) is 6.56. The predicted molar refractivity (Wildman–Crippen MR) is 159 cm³/mol. The number of nitrogens with zero attached hydrogens (tertiary/aromatic N) is 5. The summed E-state index contributed by atoms with van der Waals surface area (Å²) in [4.78, 5) is 19.6. The Morgan fingerprint density at radius 1 is 1.23 bits per heavy atom. The van der Waals surface area contributed by atoms with Crippen LogP contribution in [0.15, 0.2) is 47.4 Å². The maximum absolute atomic E-state index is 13.2. The number of hydrogen-bond donors (Lipinski definition) is 1. The molecule has 1 aromatic heterocycles. The highest BCUT2D eigenvalue weighted by molar-refractivity contribution is 7.44. The molecule has 2 aromatic rings. The van der Waals surface area contributed by atoms with Gasteiger partial charge in [-0.2, -0.15) is 10.2 Å². The van der Waals surface area contributed by atoms with Gasteiger partial charge in [-0.25, -0.2) is 9.46 Å². The Balaban J connectivity index is 1.81. The summed E-state index contributed by atoms with van der Waals surface area (Å²) in [6, 6.07) is 14.3. The molecule has 1 saturated heterocycles. The Bertz CT molecular complexity index is 1170. The molecule has 2 heterocycles. The molecule has 3 rings (SSSR count). The van der Waals surface area contributed by atoms with E-state index in [0.717, 1.165) is 5.56 Å². The summed E-state index contributed by atoms with van der Waals surface area (Å²) in [6.07, 6.45) is 1.33. The normalized spacial score (nSPS) is 21.1. The first-order valence-electron chi connectivity index (χ1n) is 14.6. The highest BCUT2D eigenvalue weighted by Crippen LogP contribution is 2.47. The first-order valence-corrected chi connectivity index (χ1v) is 15.0. The number of anilines is 1. The second-order valence-electron chi connectivity index (χ2n) is 10.9. The molecule has 0 radical (unpaired) electrons. The minimum Gasteiger partial charge on any atom is -0.366 e. The molecule has 1 fully saturated rings. The fourth-order valence-electron chi connectivity index (χ4n) is 4.62. The van der Waals surface area contributed by atoms with Crippen LogP contribution in [-0.4, -0.2) is 69.2 Å². The van der Waals surface area contributed by atoms with E-state index in [1.807, 2.05) is 30.3 Å². The molecular formula is C29H45N6O4P. The molecule has 10 nitrogen and oxygen atoms in total. The number of rotatable bonds is 14. The maximum Gasteiger partial charge on any atom is 0.351 e. The van der Waals surface area contributed by atoms with Crippen LogP contribution in [0.2, 0.25) is 0 Å². The largest absolute Gasteiger partial charge is 0.366 e. The van der Waals surface area contributed by atoms with Gasteiger partial charge in [0, 0.05) is 45.3 Å². The second kappa shape index (κ2) is 15.0. The van der Waals surface area contributed by atoms with Crippen LogP contribution in [0.4, 0.5) is 5.82 Å². The molecule has 3 atom stereocenters. The van der Waals surface area contributed by atoms with E-state index in [1.54, 1.807) is 12.3 Å². The van der Waals surface area contributed by atoms with Crippen molar-refractivity contribution in [3.05, 3.63) is 58.6 Å². The van der Waals surface area contributed by atoms with Gasteiger partial charge in [-0.1, -0.05) is 30.3 Å². The lowest BCUT2D eigenvalue weighted by atomic mass is 10.0. The first kappa shape index (κ1) is 30.6. The monoisotopic (exact) mass is 573 g/mol. The number of ether oxygens (including phenoxy) is 1. The van der Waals surface area contributed by atoms with Crippen LogP contribution >= 0.6 is 8.53 Å². The van der Waals surface area contributed by atoms with Crippen molar-refractivity contribution in [1.29, 1.82) is 5.26 Å². The van der Waals surface area contributed by atoms with Gasteiger partial charge in [-0.3, -0.25) is 9.47 Å². The van der Waals surface area contributed by atoms with Gasteiger partial charge in [0.2, 0.25) is 0 Å². The predicted octanol–water partition coefficient (Wildman–Crippen LogP) is 5.15. The Hall–Kier alpha value is -2.38. The van der Waals surface area contributed by atoms with Gasteiger partial charge in [0.15, 0.2) is 6.23 Å². The van der Waals surface area contributed by atoms with Crippen molar-refractivity contribution in [2.75, 3.05) is 31.6 Å². The highest BCUT2D eigenvalue weighted by atomic mass is 31.2. The summed E-state index contributed by atoms with van der Waals surface area (Å²) in [6.45, 7) is 14.3. The van der Waals surface area contributed by atoms with Crippen molar-refractivity contribution in [1.82, 2.24) is 19.1 Å². The molecule has 1 aromatic carbocycles. The van der Waals surface area contributed by atoms with Crippen molar-refractivity contribution in [3.63, 3.8) is 0 Å². The zero-order valence-electron chi connectivity index (χ0n) is 25.6. The number of morpholine rings is 1. The van der Waals surface area contributed by atoms with Crippen LogP contribution in [0.1, 0.15) is 68.0 Å². The van der Waals surface area contributed by atoms with E-state index >= 15 is 0 Å². The molecule has 0 bridgehead atoms. The summed E-state index contributed by atoms with van der Waals surface area (Å²) >= 11 is 0. The molecule has 0 amide bonds. The van der Waals surface area contributed by atoms with E-state index in [-0.39, 0.29) is 44.7 Å². The van der Waals surface area contributed by atoms with Gasteiger partial charge in [0.05, 0.1) is 25.7 Å². The zero-order valence-corrected chi connectivity index (χ0v) is 25.5. The zero-order chi connectivity index (χ0) is 30.0. The van der Waals surface area contributed by atoms with Crippen molar-refractivity contribution >= 4 is 14.3 Å². The summed E-state index contributed by atoms with van der Waals surface area (Å²) in [5, 5.41) is 12.2.